The Hall–Kier alpha value is -0.930. The van der Waals surface area contributed by atoms with Gasteiger partial charge >= 0.3 is 0 Å². The van der Waals surface area contributed by atoms with Crippen molar-refractivity contribution in [1.29, 1.82) is 0 Å². The maximum atomic E-state index is 5.69. The van der Waals surface area contributed by atoms with Crippen LogP contribution < -0.4 is 9.64 Å². The van der Waals surface area contributed by atoms with Gasteiger partial charge in [0, 0.05) is 37.9 Å². The van der Waals surface area contributed by atoms with Crippen LogP contribution in [-0.4, -0.2) is 44.7 Å². The number of piperazine rings is 1. The van der Waals surface area contributed by atoms with Gasteiger partial charge in [-0.2, -0.15) is 0 Å². The normalized spacial score (nSPS) is 23.6. The third-order valence-electron chi connectivity index (χ3n) is 7.14. The average Bonchev–Trinajstić information content (AvgIpc) is 2.71. The van der Waals surface area contributed by atoms with Crippen molar-refractivity contribution < 1.29 is 4.74 Å². The number of hydrogen-bond acceptors (Lipinski definition) is 3. The standard InChI is InChI=1S/C25H42N2O.ClH/c1-6-7-12-26-13-15-27(16-14-26)23-17-21(18-24(19-23)28-5)20-8-10-22(11-9-20)25(2,3)4;/h17-20,22H,6-16H2,1-5H3;1H. The van der Waals surface area contributed by atoms with E-state index < -0.39 is 0 Å². The third-order valence-corrected chi connectivity index (χ3v) is 7.14. The molecule has 0 N–H and O–H groups in total. The SMILES string of the molecule is CCCCN1CCN(c2cc(OC)cc(C3CCC(C(C)(C)C)CC3)c2)CC1.Cl. The van der Waals surface area contributed by atoms with E-state index in [0.29, 0.717) is 11.3 Å². The lowest BCUT2D eigenvalue weighted by atomic mass is 9.68. The van der Waals surface area contributed by atoms with E-state index in [9.17, 15) is 0 Å². The molecule has 29 heavy (non-hydrogen) atoms. The van der Waals surface area contributed by atoms with E-state index in [0.717, 1.165) is 24.8 Å². The number of rotatable bonds is 6. The van der Waals surface area contributed by atoms with E-state index in [-0.39, 0.29) is 12.4 Å². The summed E-state index contributed by atoms with van der Waals surface area (Å²) in [4.78, 5) is 5.18. The third kappa shape index (κ3) is 6.52. The van der Waals surface area contributed by atoms with E-state index >= 15 is 0 Å². The molecule has 3 rings (SSSR count). The van der Waals surface area contributed by atoms with Crippen LogP contribution in [0.25, 0.3) is 0 Å². The number of anilines is 1. The highest BCUT2D eigenvalue weighted by Gasteiger charge is 2.30. The van der Waals surface area contributed by atoms with Crippen LogP contribution in [0.15, 0.2) is 18.2 Å². The molecule has 1 aliphatic heterocycles. The Bertz CT molecular complexity index is 612. The lowest BCUT2D eigenvalue weighted by Crippen LogP contribution is -2.46. The molecule has 1 aromatic carbocycles. The van der Waals surface area contributed by atoms with Gasteiger partial charge in [0.25, 0.3) is 0 Å². The Morgan fingerprint density at radius 2 is 1.62 bits per heavy atom. The van der Waals surface area contributed by atoms with E-state index in [2.05, 4.69) is 55.7 Å². The number of methoxy groups -OCH3 is 1. The number of hydrogen-bond donors (Lipinski definition) is 0. The molecule has 4 heteroatoms. The molecule has 166 valence electrons. The molecule has 0 bridgehead atoms. The molecule has 1 heterocycles. The zero-order valence-electron chi connectivity index (χ0n) is 19.4. The summed E-state index contributed by atoms with van der Waals surface area (Å²) in [5, 5.41) is 0. The molecule has 0 spiro atoms. The van der Waals surface area contributed by atoms with Gasteiger partial charge in [-0.25, -0.2) is 0 Å². The number of benzene rings is 1. The summed E-state index contributed by atoms with van der Waals surface area (Å²) in [5.74, 6) is 2.59. The Labute approximate surface area is 185 Å². The fourth-order valence-corrected chi connectivity index (χ4v) is 5.05. The van der Waals surface area contributed by atoms with E-state index in [1.807, 2.05) is 7.11 Å². The quantitative estimate of drug-likeness (QED) is 0.530. The first-order valence-corrected chi connectivity index (χ1v) is 11.6. The Kier molecular flexibility index (Phi) is 9.15. The number of nitrogens with zero attached hydrogens (tertiary/aromatic N) is 2. The Balaban J connectivity index is 0.00000300. The lowest BCUT2D eigenvalue weighted by molar-refractivity contribution is 0.169. The Morgan fingerprint density at radius 3 is 2.17 bits per heavy atom. The van der Waals surface area contributed by atoms with Gasteiger partial charge in [0.05, 0.1) is 7.11 Å². The molecule has 0 aromatic heterocycles. The molecule has 0 amide bonds. The smallest absolute Gasteiger partial charge is 0.121 e. The zero-order valence-corrected chi connectivity index (χ0v) is 20.2. The summed E-state index contributed by atoms with van der Waals surface area (Å²) < 4.78 is 5.69. The molecule has 0 unspecified atom stereocenters. The van der Waals surface area contributed by atoms with Crippen LogP contribution in [0.5, 0.6) is 5.75 Å². The molecular weight excluding hydrogens is 380 g/mol. The van der Waals surface area contributed by atoms with Crippen molar-refractivity contribution in [3.63, 3.8) is 0 Å². The first-order valence-electron chi connectivity index (χ1n) is 11.6. The highest BCUT2D eigenvalue weighted by Crippen LogP contribution is 2.44. The summed E-state index contributed by atoms with van der Waals surface area (Å²) in [6, 6.07) is 7.00. The van der Waals surface area contributed by atoms with Crippen LogP contribution in [-0.2, 0) is 0 Å². The molecule has 1 aromatic rings. The monoisotopic (exact) mass is 422 g/mol. The van der Waals surface area contributed by atoms with Gasteiger partial charge in [0.1, 0.15) is 5.75 Å². The molecule has 2 aliphatic rings. The van der Waals surface area contributed by atoms with Crippen molar-refractivity contribution in [2.45, 2.75) is 72.1 Å². The molecular formula is C25H43ClN2O. The second-order valence-electron chi connectivity index (χ2n) is 10.1. The second kappa shape index (κ2) is 10.9. The van der Waals surface area contributed by atoms with Crippen LogP contribution in [0, 0.1) is 11.3 Å². The van der Waals surface area contributed by atoms with Crippen LogP contribution in [0.4, 0.5) is 5.69 Å². The summed E-state index contributed by atoms with van der Waals surface area (Å²) in [6.45, 7) is 15.4. The highest BCUT2D eigenvalue weighted by molar-refractivity contribution is 5.85. The number of unbranched alkanes of at least 4 members (excludes halogenated alkanes) is 1. The molecule has 1 saturated carbocycles. The predicted octanol–water partition coefficient (Wildman–Crippen LogP) is 6.36. The van der Waals surface area contributed by atoms with E-state index in [1.165, 1.54) is 69.4 Å². The predicted molar refractivity (Wildman–Crippen MR) is 128 cm³/mol. The minimum atomic E-state index is 0. The van der Waals surface area contributed by atoms with Crippen molar-refractivity contribution in [1.82, 2.24) is 4.90 Å². The lowest BCUT2D eigenvalue weighted by Gasteiger charge is -2.38. The van der Waals surface area contributed by atoms with E-state index in [4.69, 9.17) is 4.74 Å². The van der Waals surface area contributed by atoms with Crippen molar-refractivity contribution in [3.05, 3.63) is 23.8 Å². The first-order chi connectivity index (χ1) is 13.4. The average molecular weight is 423 g/mol. The molecule has 3 nitrogen and oxygen atoms in total. The second-order valence-corrected chi connectivity index (χ2v) is 10.1. The fourth-order valence-electron chi connectivity index (χ4n) is 5.05. The molecule has 2 fully saturated rings. The Morgan fingerprint density at radius 1 is 0.966 bits per heavy atom. The van der Waals surface area contributed by atoms with Gasteiger partial charge in [-0.15, -0.1) is 12.4 Å². The molecule has 1 aliphatic carbocycles. The number of ether oxygens (including phenoxy) is 1. The van der Waals surface area contributed by atoms with Crippen molar-refractivity contribution >= 4 is 18.1 Å². The molecule has 1 saturated heterocycles. The van der Waals surface area contributed by atoms with Crippen LogP contribution in [0.2, 0.25) is 0 Å². The van der Waals surface area contributed by atoms with Gasteiger partial charge in [-0.1, -0.05) is 34.1 Å². The van der Waals surface area contributed by atoms with Gasteiger partial charge in [0.15, 0.2) is 0 Å². The van der Waals surface area contributed by atoms with Crippen LogP contribution >= 0.6 is 12.4 Å². The summed E-state index contributed by atoms with van der Waals surface area (Å²) in [6.07, 6.45) is 7.96. The minimum absolute atomic E-state index is 0. The molecule has 0 atom stereocenters. The van der Waals surface area contributed by atoms with Crippen LogP contribution in [0.1, 0.15) is 77.7 Å². The summed E-state index contributed by atoms with van der Waals surface area (Å²) in [5.41, 5.74) is 3.31. The van der Waals surface area contributed by atoms with Gasteiger partial charge in [-0.3, -0.25) is 4.90 Å². The molecule has 0 radical (unpaired) electrons. The van der Waals surface area contributed by atoms with Gasteiger partial charge < -0.3 is 9.64 Å². The number of halogens is 1. The van der Waals surface area contributed by atoms with Crippen molar-refractivity contribution in [2.75, 3.05) is 44.7 Å². The van der Waals surface area contributed by atoms with Gasteiger partial charge in [0.2, 0.25) is 0 Å². The van der Waals surface area contributed by atoms with Gasteiger partial charge in [-0.05, 0) is 73.6 Å². The largest absolute Gasteiger partial charge is 0.497 e. The van der Waals surface area contributed by atoms with Crippen LogP contribution in [0.3, 0.4) is 0 Å². The maximum Gasteiger partial charge on any atom is 0.121 e. The first kappa shape index (κ1) is 24.3. The van der Waals surface area contributed by atoms with Crippen molar-refractivity contribution in [3.8, 4) is 5.75 Å². The summed E-state index contributed by atoms with van der Waals surface area (Å²) in [7, 11) is 1.81. The van der Waals surface area contributed by atoms with E-state index in [1.54, 1.807) is 0 Å². The fraction of sp³-hybridized carbons (Fsp3) is 0.760. The topological polar surface area (TPSA) is 15.7 Å². The summed E-state index contributed by atoms with van der Waals surface area (Å²) >= 11 is 0. The van der Waals surface area contributed by atoms with Crippen molar-refractivity contribution in [2.24, 2.45) is 11.3 Å². The highest BCUT2D eigenvalue weighted by atomic mass is 35.5. The maximum absolute atomic E-state index is 5.69. The zero-order chi connectivity index (χ0) is 20.1. The minimum Gasteiger partial charge on any atom is -0.497 e.